The number of nitrogens with one attached hydrogen (secondary N) is 1. The highest BCUT2D eigenvalue weighted by Gasteiger charge is 2.14. The fourth-order valence-corrected chi connectivity index (χ4v) is 4.21. The highest BCUT2D eigenvalue weighted by molar-refractivity contribution is 8.01. The fraction of sp³-hybridized carbons (Fsp3) is 0.250. The Morgan fingerprint density at radius 1 is 1.38 bits per heavy atom. The summed E-state index contributed by atoms with van der Waals surface area (Å²) in [4.78, 5) is 17.6. The summed E-state index contributed by atoms with van der Waals surface area (Å²) in [5.74, 6) is 0.224. The molecule has 0 spiro atoms. The van der Waals surface area contributed by atoms with Crippen molar-refractivity contribution in [2.24, 2.45) is 0 Å². The molecule has 2 N–H and O–H groups in total. The second-order valence-corrected chi connectivity index (χ2v) is 8.37. The molecular weight excluding hydrogens is 392 g/mol. The Bertz CT molecular complexity index is 883. The van der Waals surface area contributed by atoms with Crippen molar-refractivity contribution in [3.05, 3.63) is 40.3 Å². The Morgan fingerprint density at radius 2 is 2.23 bits per heavy atom. The van der Waals surface area contributed by atoms with Crippen LogP contribution in [0.4, 0.5) is 5.13 Å². The van der Waals surface area contributed by atoms with E-state index in [2.05, 4.69) is 20.5 Å². The third-order valence-electron chi connectivity index (χ3n) is 3.12. The molecule has 136 valence electrons. The number of aliphatic hydroxyl groups excluding tert-OH is 1. The first-order valence-electron chi connectivity index (χ1n) is 7.63. The number of benzene rings is 1. The molecule has 0 aliphatic rings. The van der Waals surface area contributed by atoms with E-state index in [1.54, 1.807) is 24.6 Å². The molecule has 2 heterocycles. The summed E-state index contributed by atoms with van der Waals surface area (Å²) < 4.78 is 6.44. The Balaban J connectivity index is 1.86. The van der Waals surface area contributed by atoms with Crippen LogP contribution in [0.25, 0.3) is 0 Å². The van der Waals surface area contributed by atoms with Crippen LogP contribution in [0.15, 0.2) is 38.3 Å². The minimum absolute atomic E-state index is 0.117. The number of hydrogen-bond donors (Lipinski definition) is 2. The van der Waals surface area contributed by atoms with Gasteiger partial charge in [0.05, 0.1) is 12.3 Å². The molecule has 26 heavy (non-hydrogen) atoms. The van der Waals surface area contributed by atoms with E-state index in [-0.39, 0.29) is 18.6 Å². The van der Waals surface area contributed by atoms with Crippen molar-refractivity contribution in [1.29, 1.82) is 0 Å². The molecule has 7 nitrogen and oxygen atoms in total. The van der Waals surface area contributed by atoms with Gasteiger partial charge in [-0.1, -0.05) is 23.1 Å². The molecule has 10 heteroatoms. The molecule has 1 aromatic carbocycles. The van der Waals surface area contributed by atoms with Crippen LogP contribution < -0.4 is 10.1 Å². The van der Waals surface area contributed by atoms with Gasteiger partial charge in [-0.25, -0.2) is 4.98 Å². The zero-order valence-electron chi connectivity index (χ0n) is 14.0. The average molecular weight is 409 g/mol. The van der Waals surface area contributed by atoms with Gasteiger partial charge in [0, 0.05) is 15.8 Å². The SMILES string of the molecule is Cc1csc(NC(=O)c2cc(OC(C)CO)cc(Sc3nncs3)c2)n1. The van der Waals surface area contributed by atoms with Gasteiger partial charge in [0.25, 0.3) is 5.91 Å². The maximum atomic E-state index is 12.6. The predicted octanol–water partition coefficient (Wildman–Crippen LogP) is 3.47. The van der Waals surface area contributed by atoms with Crippen molar-refractivity contribution >= 4 is 45.5 Å². The number of thiazole rings is 1. The number of rotatable bonds is 7. The van der Waals surface area contributed by atoms with Crippen molar-refractivity contribution in [2.75, 3.05) is 11.9 Å². The molecule has 2 aromatic heterocycles. The Hall–Kier alpha value is -2.01. The van der Waals surface area contributed by atoms with E-state index in [1.165, 1.54) is 34.4 Å². The topological polar surface area (TPSA) is 97.2 Å². The smallest absolute Gasteiger partial charge is 0.257 e. The van der Waals surface area contributed by atoms with E-state index in [0.717, 1.165) is 14.9 Å². The lowest BCUT2D eigenvalue weighted by Crippen LogP contribution is -2.17. The molecule has 0 aliphatic carbocycles. The molecule has 1 atom stereocenters. The number of carbonyl (C=O) groups is 1. The summed E-state index contributed by atoms with van der Waals surface area (Å²) in [7, 11) is 0. The molecule has 0 aliphatic heterocycles. The van der Waals surface area contributed by atoms with E-state index >= 15 is 0 Å². The molecule has 0 saturated heterocycles. The van der Waals surface area contributed by atoms with Gasteiger partial charge in [-0.15, -0.1) is 21.5 Å². The van der Waals surface area contributed by atoms with E-state index in [9.17, 15) is 9.90 Å². The first-order chi connectivity index (χ1) is 12.5. The fourth-order valence-electron chi connectivity index (χ4n) is 1.99. The van der Waals surface area contributed by atoms with Crippen LogP contribution in [0.2, 0.25) is 0 Å². The first kappa shape index (κ1) is 18.8. The second-order valence-electron chi connectivity index (χ2n) is 5.36. The van der Waals surface area contributed by atoms with Crippen molar-refractivity contribution in [2.45, 2.75) is 29.2 Å². The highest BCUT2D eigenvalue weighted by atomic mass is 32.2. The van der Waals surface area contributed by atoms with Crippen molar-refractivity contribution in [3.63, 3.8) is 0 Å². The highest BCUT2D eigenvalue weighted by Crippen LogP contribution is 2.32. The number of aryl methyl sites for hydroxylation is 1. The number of aliphatic hydroxyl groups is 1. The largest absolute Gasteiger partial charge is 0.488 e. The zero-order chi connectivity index (χ0) is 18.5. The Kier molecular flexibility index (Phi) is 6.20. The van der Waals surface area contributed by atoms with Gasteiger partial charge in [-0.2, -0.15) is 0 Å². The molecule has 1 unspecified atom stereocenters. The molecule has 3 aromatic rings. The quantitative estimate of drug-likeness (QED) is 0.618. The van der Waals surface area contributed by atoms with Crippen LogP contribution in [0.1, 0.15) is 23.0 Å². The van der Waals surface area contributed by atoms with Crippen molar-refractivity contribution in [1.82, 2.24) is 15.2 Å². The molecule has 1 amide bonds. The number of hydrogen-bond acceptors (Lipinski definition) is 9. The van der Waals surface area contributed by atoms with E-state index in [4.69, 9.17) is 4.74 Å². The number of carbonyl (C=O) groups excluding carboxylic acids is 1. The Labute approximate surface area is 162 Å². The summed E-state index contributed by atoms with van der Waals surface area (Å²) in [6.07, 6.45) is -0.380. The lowest BCUT2D eigenvalue weighted by molar-refractivity contribution is 0.102. The van der Waals surface area contributed by atoms with Crippen LogP contribution in [0, 0.1) is 6.92 Å². The molecule has 0 bridgehead atoms. The van der Waals surface area contributed by atoms with Crippen LogP contribution in [0.3, 0.4) is 0 Å². The van der Waals surface area contributed by atoms with Gasteiger partial charge in [0.1, 0.15) is 17.4 Å². The van der Waals surface area contributed by atoms with Gasteiger partial charge >= 0.3 is 0 Å². The summed E-state index contributed by atoms with van der Waals surface area (Å²) in [6.45, 7) is 3.50. The van der Waals surface area contributed by atoms with Gasteiger partial charge < -0.3 is 9.84 Å². The maximum Gasteiger partial charge on any atom is 0.257 e. The van der Waals surface area contributed by atoms with Crippen molar-refractivity contribution < 1.29 is 14.6 Å². The van der Waals surface area contributed by atoms with Gasteiger partial charge in [-0.05, 0) is 32.0 Å². The lowest BCUT2D eigenvalue weighted by Gasteiger charge is -2.14. The molecule has 0 fully saturated rings. The number of aromatic nitrogens is 3. The van der Waals surface area contributed by atoms with Gasteiger partial charge in [0.15, 0.2) is 9.47 Å². The summed E-state index contributed by atoms with van der Waals surface area (Å²) in [5.41, 5.74) is 2.94. The van der Waals surface area contributed by atoms with Crippen LogP contribution in [0.5, 0.6) is 5.75 Å². The number of amides is 1. The molecule has 3 rings (SSSR count). The van der Waals surface area contributed by atoms with Crippen LogP contribution >= 0.6 is 34.4 Å². The minimum Gasteiger partial charge on any atom is -0.488 e. The molecule has 0 saturated carbocycles. The van der Waals surface area contributed by atoms with E-state index in [0.29, 0.717) is 16.4 Å². The third-order valence-corrected chi connectivity index (χ3v) is 5.75. The van der Waals surface area contributed by atoms with Gasteiger partial charge in [0.2, 0.25) is 0 Å². The molecule has 0 radical (unpaired) electrons. The predicted molar refractivity (Wildman–Crippen MR) is 102 cm³/mol. The monoisotopic (exact) mass is 408 g/mol. The van der Waals surface area contributed by atoms with Gasteiger partial charge in [-0.3, -0.25) is 10.1 Å². The zero-order valence-corrected chi connectivity index (χ0v) is 16.5. The normalized spacial score (nSPS) is 12.0. The summed E-state index contributed by atoms with van der Waals surface area (Å²) in [6, 6.07) is 5.22. The number of nitrogens with zero attached hydrogens (tertiary/aromatic N) is 3. The summed E-state index contributed by atoms with van der Waals surface area (Å²) in [5, 5.41) is 22.2. The minimum atomic E-state index is -0.380. The van der Waals surface area contributed by atoms with Crippen LogP contribution in [-0.4, -0.2) is 38.9 Å². The van der Waals surface area contributed by atoms with E-state index < -0.39 is 0 Å². The number of anilines is 1. The molecular formula is C16H16N4O3S3. The Morgan fingerprint density at radius 3 is 2.88 bits per heavy atom. The lowest BCUT2D eigenvalue weighted by atomic mass is 10.2. The third kappa shape index (κ3) is 5.01. The summed E-state index contributed by atoms with van der Waals surface area (Å²) >= 11 is 4.18. The standard InChI is InChI=1S/C16H16N4O3S3/c1-9-7-24-15(18-9)19-14(22)11-3-12(23-10(2)6-21)5-13(4-11)26-16-20-17-8-25-16/h3-5,7-8,10,21H,6H2,1-2H3,(H,18,19,22). The average Bonchev–Trinajstić information content (AvgIpc) is 3.26. The number of ether oxygens (including phenoxy) is 1. The second kappa shape index (κ2) is 8.58. The maximum absolute atomic E-state index is 12.6. The van der Waals surface area contributed by atoms with E-state index in [1.807, 2.05) is 18.4 Å². The van der Waals surface area contributed by atoms with Crippen molar-refractivity contribution in [3.8, 4) is 5.75 Å². The first-order valence-corrected chi connectivity index (χ1v) is 10.2. The van der Waals surface area contributed by atoms with Crippen LogP contribution in [-0.2, 0) is 0 Å².